The van der Waals surface area contributed by atoms with Gasteiger partial charge in [0.15, 0.2) is 6.29 Å². The minimum Gasteiger partial charge on any atom is -0.404 e. The molecule has 0 unspecified atom stereocenters. The van der Waals surface area contributed by atoms with Crippen LogP contribution in [0.15, 0.2) is 30.6 Å². The van der Waals surface area contributed by atoms with Gasteiger partial charge >= 0.3 is 0 Å². The van der Waals surface area contributed by atoms with Crippen LogP contribution >= 0.6 is 0 Å². The lowest BCUT2D eigenvalue weighted by Crippen LogP contribution is -2.17. The fourth-order valence-electron chi connectivity index (χ4n) is 2.31. The molecule has 0 atom stereocenters. The standard InChI is InChI=1S/C16H20N4O/c1-19(2)5-6-20-10-14(11-21)15-4-3-12(7-16(15)20)13(8-17)9-18/h3-4,7-11,17H,5-6,18H2,1-2H3. The Kier molecular flexibility index (Phi) is 4.55. The van der Waals surface area contributed by atoms with Gasteiger partial charge in [0, 0.05) is 53.7 Å². The van der Waals surface area contributed by atoms with E-state index in [2.05, 4.69) is 9.47 Å². The van der Waals surface area contributed by atoms with E-state index in [1.807, 2.05) is 38.5 Å². The molecule has 0 aliphatic carbocycles. The zero-order valence-corrected chi connectivity index (χ0v) is 12.3. The van der Waals surface area contributed by atoms with Gasteiger partial charge in [0.2, 0.25) is 0 Å². The summed E-state index contributed by atoms with van der Waals surface area (Å²) in [6, 6.07) is 5.77. The number of hydrogen-bond donors (Lipinski definition) is 2. The van der Waals surface area contributed by atoms with Gasteiger partial charge in [-0.05, 0) is 25.7 Å². The minimum atomic E-state index is 0.657. The second-order valence-electron chi connectivity index (χ2n) is 5.20. The first kappa shape index (κ1) is 15.0. The first-order valence-electron chi connectivity index (χ1n) is 6.76. The summed E-state index contributed by atoms with van der Waals surface area (Å²) in [6.45, 7) is 1.68. The van der Waals surface area contributed by atoms with Crippen LogP contribution in [0.5, 0.6) is 0 Å². The maximum absolute atomic E-state index is 11.2. The Morgan fingerprint density at radius 1 is 1.43 bits per heavy atom. The molecule has 1 aromatic heterocycles. The van der Waals surface area contributed by atoms with Crippen LogP contribution in [0.4, 0.5) is 0 Å². The van der Waals surface area contributed by atoms with Gasteiger partial charge in [-0.15, -0.1) is 0 Å². The minimum absolute atomic E-state index is 0.657. The molecule has 0 radical (unpaired) electrons. The predicted molar refractivity (Wildman–Crippen MR) is 86.8 cm³/mol. The SMILES string of the molecule is CN(C)CCn1cc(C=O)c2ccc(C(C=N)=CN)cc21. The highest BCUT2D eigenvalue weighted by atomic mass is 16.1. The summed E-state index contributed by atoms with van der Waals surface area (Å²) in [7, 11) is 4.03. The molecule has 1 heterocycles. The Balaban J connectivity index is 2.54. The molecule has 2 aromatic rings. The molecule has 0 aliphatic rings. The quantitative estimate of drug-likeness (QED) is 0.629. The van der Waals surface area contributed by atoms with Crippen molar-refractivity contribution in [3.63, 3.8) is 0 Å². The molecule has 110 valence electrons. The molecule has 21 heavy (non-hydrogen) atoms. The lowest BCUT2D eigenvalue weighted by atomic mass is 10.0. The topological polar surface area (TPSA) is 75.1 Å². The number of hydrogen-bond acceptors (Lipinski definition) is 4. The molecule has 0 aliphatic heterocycles. The van der Waals surface area contributed by atoms with Crippen LogP contribution in [0.2, 0.25) is 0 Å². The largest absolute Gasteiger partial charge is 0.404 e. The van der Waals surface area contributed by atoms with E-state index in [4.69, 9.17) is 11.1 Å². The van der Waals surface area contributed by atoms with Crippen molar-refractivity contribution in [3.05, 3.63) is 41.7 Å². The highest BCUT2D eigenvalue weighted by Crippen LogP contribution is 2.24. The number of carbonyl (C=O) groups is 1. The van der Waals surface area contributed by atoms with Crippen LogP contribution in [-0.2, 0) is 6.54 Å². The third kappa shape index (κ3) is 3.03. The van der Waals surface area contributed by atoms with Crippen molar-refractivity contribution >= 4 is 29.0 Å². The van der Waals surface area contributed by atoms with Gasteiger partial charge in [-0.1, -0.05) is 12.1 Å². The maximum Gasteiger partial charge on any atom is 0.152 e. The van der Waals surface area contributed by atoms with Crippen LogP contribution in [0.25, 0.3) is 16.5 Å². The van der Waals surface area contributed by atoms with Crippen LogP contribution in [0, 0.1) is 5.41 Å². The lowest BCUT2D eigenvalue weighted by molar-refractivity contribution is 0.112. The third-order valence-corrected chi connectivity index (χ3v) is 3.50. The Morgan fingerprint density at radius 3 is 2.76 bits per heavy atom. The van der Waals surface area contributed by atoms with E-state index in [9.17, 15) is 4.79 Å². The number of benzene rings is 1. The van der Waals surface area contributed by atoms with E-state index in [1.54, 1.807) is 0 Å². The molecule has 3 N–H and O–H groups in total. The Hall–Kier alpha value is -2.40. The molecule has 0 saturated carbocycles. The number of nitrogens with one attached hydrogen (secondary N) is 1. The smallest absolute Gasteiger partial charge is 0.152 e. The monoisotopic (exact) mass is 284 g/mol. The number of nitrogens with zero attached hydrogens (tertiary/aromatic N) is 2. The normalized spacial score (nSPS) is 12.0. The van der Waals surface area contributed by atoms with E-state index in [0.29, 0.717) is 11.1 Å². The van der Waals surface area contributed by atoms with Crippen molar-refractivity contribution in [2.24, 2.45) is 5.73 Å². The summed E-state index contributed by atoms with van der Waals surface area (Å²) in [5.41, 5.74) is 8.75. The van der Waals surface area contributed by atoms with Crippen molar-refractivity contribution in [2.75, 3.05) is 20.6 Å². The molecule has 5 nitrogen and oxygen atoms in total. The number of rotatable bonds is 6. The molecular weight excluding hydrogens is 264 g/mol. The van der Waals surface area contributed by atoms with Crippen molar-refractivity contribution in [1.82, 2.24) is 9.47 Å². The van der Waals surface area contributed by atoms with Crippen molar-refractivity contribution in [1.29, 1.82) is 5.41 Å². The number of fused-ring (bicyclic) bond motifs is 1. The lowest BCUT2D eigenvalue weighted by Gasteiger charge is -2.11. The second-order valence-corrected chi connectivity index (χ2v) is 5.20. The Labute approximate surface area is 124 Å². The first-order chi connectivity index (χ1) is 10.1. The third-order valence-electron chi connectivity index (χ3n) is 3.50. The maximum atomic E-state index is 11.2. The average Bonchev–Trinajstić information content (AvgIpc) is 2.84. The van der Waals surface area contributed by atoms with Crippen LogP contribution in [0.1, 0.15) is 15.9 Å². The van der Waals surface area contributed by atoms with E-state index in [1.165, 1.54) is 12.4 Å². The highest BCUT2D eigenvalue weighted by molar-refractivity contribution is 6.09. The van der Waals surface area contributed by atoms with Crippen molar-refractivity contribution in [2.45, 2.75) is 6.54 Å². The van der Waals surface area contributed by atoms with E-state index in [0.717, 1.165) is 35.8 Å². The van der Waals surface area contributed by atoms with Gasteiger partial charge < -0.3 is 20.6 Å². The molecule has 0 fully saturated rings. The fraction of sp³-hybridized carbons (Fsp3) is 0.250. The van der Waals surface area contributed by atoms with Gasteiger partial charge in [-0.25, -0.2) is 0 Å². The van der Waals surface area contributed by atoms with Crippen molar-refractivity contribution < 1.29 is 4.79 Å². The molecule has 5 heteroatoms. The summed E-state index contributed by atoms with van der Waals surface area (Å²) >= 11 is 0. The van der Waals surface area contributed by atoms with E-state index < -0.39 is 0 Å². The van der Waals surface area contributed by atoms with Crippen molar-refractivity contribution in [3.8, 4) is 0 Å². The van der Waals surface area contributed by atoms with E-state index in [-0.39, 0.29) is 0 Å². The zero-order chi connectivity index (χ0) is 15.4. The zero-order valence-electron chi connectivity index (χ0n) is 12.3. The van der Waals surface area contributed by atoms with Gasteiger partial charge in [0.1, 0.15) is 0 Å². The molecule has 2 rings (SSSR count). The Morgan fingerprint density at radius 2 is 2.19 bits per heavy atom. The number of aromatic nitrogens is 1. The number of likely N-dealkylation sites (N-methyl/N-ethyl adjacent to an activating group) is 1. The van der Waals surface area contributed by atoms with Crippen LogP contribution < -0.4 is 5.73 Å². The summed E-state index contributed by atoms with van der Waals surface area (Å²) in [5, 5.41) is 8.32. The predicted octanol–water partition coefficient (Wildman–Crippen LogP) is 1.96. The van der Waals surface area contributed by atoms with Gasteiger partial charge in [-0.2, -0.15) is 0 Å². The summed E-state index contributed by atoms with van der Waals surface area (Å²) in [4.78, 5) is 13.3. The molecule has 0 spiro atoms. The van der Waals surface area contributed by atoms with Gasteiger partial charge in [-0.3, -0.25) is 4.79 Å². The summed E-state index contributed by atoms with van der Waals surface area (Å²) < 4.78 is 2.07. The second kappa shape index (κ2) is 6.37. The molecule has 1 aromatic carbocycles. The number of allylic oxidation sites excluding steroid dienone is 1. The van der Waals surface area contributed by atoms with Gasteiger partial charge in [0.05, 0.1) is 0 Å². The van der Waals surface area contributed by atoms with E-state index >= 15 is 0 Å². The van der Waals surface area contributed by atoms with Crippen LogP contribution in [-0.4, -0.2) is 42.6 Å². The fourth-order valence-corrected chi connectivity index (χ4v) is 2.31. The van der Waals surface area contributed by atoms with Crippen LogP contribution in [0.3, 0.4) is 0 Å². The number of aldehydes is 1. The average molecular weight is 284 g/mol. The molecule has 0 amide bonds. The molecule has 0 saturated heterocycles. The highest BCUT2D eigenvalue weighted by Gasteiger charge is 2.10. The molecule has 0 bridgehead atoms. The first-order valence-corrected chi connectivity index (χ1v) is 6.76. The van der Waals surface area contributed by atoms with Gasteiger partial charge in [0.25, 0.3) is 0 Å². The summed E-state index contributed by atoms with van der Waals surface area (Å²) in [5.74, 6) is 0. The number of carbonyl (C=O) groups excluding carboxylic acids is 1. The summed E-state index contributed by atoms with van der Waals surface area (Å²) in [6.07, 6.45) is 5.41. The number of nitrogens with two attached hydrogens (primary N) is 1. The Bertz CT molecular complexity index is 698. The molecular formula is C16H20N4O.